The second-order valence-corrected chi connectivity index (χ2v) is 3.84. The standard InChI is InChI=1S/C12H19NO/c1-4-5-6-7-8-13-11(3)9-10(2)12(13)14/h9H,3-8H2,1-2H3. The summed E-state index contributed by atoms with van der Waals surface area (Å²) in [5.74, 6) is 0.131. The Morgan fingerprint density at radius 1 is 1.36 bits per heavy atom. The van der Waals surface area contributed by atoms with Crippen molar-refractivity contribution in [3.63, 3.8) is 0 Å². The van der Waals surface area contributed by atoms with E-state index in [0.29, 0.717) is 0 Å². The van der Waals surface area contributed by atoms with Gasteiger partial charge in [-0.1, -0.05) is 32.8 Å². The van der Waals surface area contributed by atoms with E-state index in [-0.39, 0.29) is 5.91 Å². The zero-order valence-corrected chi connectivity index (χ0v) is 9.18. The predicted molar refractivity (Wildman–Crippen MR) is 58.8 cm³/mol. The molecule has 0 saturated heterocycles. The van der Waals surface area contributed by atoms with Gasteiger partial charge >= 0.3 is 0 Å². The van der Waals surface area contributed by atoms with Gasteiger partial charge in [-0.05, 0) is 19.4 Å². The quantitative estimate of drug-likeness (QED) is 0.615. The molecule has 0 aromatic rings. The largest absolute Gasteiger partial charge is 0.309 e. The van der Waals surface area contributed by atoms with Crippen LogP contribution in [0.3, 0.4) is 0 Å². The van der Waals surface area contributed by atoms with Crippen molar-refractivity contribution in [3.8, 4) is 0 Å². The Labute approximate surface area is 86.3 Å². The van der Waals surface area contributed by atoms with Crippen LogP contribution in [0, 0.1) is 0 Å². The molecule has 0 aliphatic carbocycles. The Hall–Kier alpha value is -1.05. The summed E-state index contributed by atoms with van der Waals surface area (Å²) >= 11 is 0. The van der Waals surface area contributed by atoms with Crippen LogP contribution >= 0.6 is 0 Å². The van der Waals surface area contributed by atoms with Crippen molar-refractivity contribution in [2.45, 2.75) is 39.5 Å². The monoisotopic (exact) mass is 193 g/mol. The molecule has 14 heavy (non-hydrogen) atoms. The SMILES string of the molecule is C=C1C=C(C)C(=O)N1CCCCCC. The summed E-state index contributed by atoms with van der Waals surface area (Å²) in [5.41, 5.74) is 1.66. The molecule has 1 aliphatic rings. The van der Waals surface area contributed by atoms with Gasteiger partial charge in [-0.15, -0.1) is 0 Å². The van der Waals surface area contributed by atoms with Gasteiger partial charge in [0, 0.05) is 17.8 Å². The third kappa shape index (κ3) is 2.47. The number of nitrogens with zero attached hydrogens (tertiary/aromatic N) is 1. The molecule has 0 N–H and O–H groups in total. The third-order valence-electron chi connectivity index (χ3n) is 2.55. The normalized spacial score (nSPS) is 16.4. The zero-order chi connectivity index (χ0) is 10.6. The Balaban J connectivity index is 2.33. The van der Waals surface area contributed by atoms with Gasteiger partial charge in [-0.2, -0.15) is 0 Å². The van der Waals surface area contributed by atoms with Crippen LogP contribution < -0.4 is 0 Å². The fraction of sp³-hybridized carbons (Fsp3) is 0.583. The van der Waals surface area contributed by atoms with Crippen molar-refractivity contribution in [1.82, 2.24) is 4.90 Å². The van der Waals surface area contributed by atoms with Crippen LogP contribution in [0.1, 0.15) is 39.5 Å². The molecule has 1 heterocycles. The second-order valence-electron chi connectivity index (χ2n) is 3.84. The number of unbranched alkanes of at least 4 members (excludes halogenated alkanes) is 3. The Kier molecular flexibility index (Phi) is 3.93. The number of carbonyl (C=O) groups excluding carboxylic acids is 1. The molecule has 2 heteroatoms. The van der Waals surface area contributed by atoms with Gasteiger partial charge < -0.3 is 4.90 Å². The molecule has 0 bridgehead atoms. The van der Waals surface area contributed by atoms with E-state index in [2.05, 4.69) is 13.5 Å². The van der Waals surface area contributed by atoms with Gasteiger partial charge in [0.15, 0.2) is 0 Å². The smallest absolute Gasteiger partial charge is 0.253 e. The van der Waals surface area contributed by atoms with Gasteiger partial charge in [0.25, 0.3) is 5.91 Å². The van der Waals surface area contributed by atoms with Crippen molar-refractivity contribution in [2.75, 3.05) is 6.54 Å². The van der Waals surface area contributed by atoms with E-state index in [1.807, 2.05) is 13.0 Å². The summed E-state index contributed by atoms with van der Waals surface area (Å²) < 4.78 is 0. The second kappa shape index (κ2) is 4.99. The van der Waals surface area contributed by atoms with Crippen molar-refractivity contribution in [3.05, 3.63) is 23.9 Å². The Morgan fingerprint density at radius 3 is 2.57 bits per heavy atom. The van der Waals surface area contributed by atoms with Gasteiger partial charge in [-0.3, -0.25) is 4.79 Å². The Bertz CT molecular complexity index is 265. The molecule has 78 valence electrons. The molecule has 0 aromatic heterocycles. The molecule has 0 unspecified atom stereocenters. The lowest BCUT2D eigenvalue weighted by atomic mass is 10.2. The molecule has 0 atom stereocenters. The number of allylic oxidation sites excluding steroid dienone is 1. The fourth-order valence-electron chi connectivity index (χ4n) is 1.67. The number of hydrogen-bond donors (Lipinski definition) is 0. The summed E-state index contributed by atoms with van der Waals surface area (Å²) in [6.07, 6.45) is 6.63. The molecule has 2 nitrogen and oxygen atoms in total. The minimum absolute atomic E-state index is 0.131. The van der Waals surface area contributed by atoms with Crippen LogP contribution in [0.25, 0.3) is 0 Å². The molecule has 1 amide bonds. The maximum Gasteiger partial charge on any atom is 0.253 e. The highest BCUT2D eigenvalue weighted by Gasteiger charge is 2.22. The lowest BCUT2D eigenvalue weighted by Crippen LogP contribution is -2.26. The first-order valence-corrected chi connectivity index (χ1v) is 5.36. The van der Waals surface area contributed by atoms with Gasteiger partial charge in [0.05, 0.1) is 0 Å². The first kappa shape index (κ1) is 11.0. The fourth-order valence-corrected chi connectivity index (χ4v) is 1.67. The average molecular weight is 193 g/mol. The maximum atomic E-state index is 11.6. The summed E-state index contributed by atoms with van der Waals surface area (Å²) in [6.45, 7) is 8.72. The van der Waals surface area contributed by atoms with Crippen LogP contribution in [0.2, 0.25) is 0 Å². The number of carbonyl (C=O) groups is 1. The molecule has 1 rings (SSSR count). The topological polar surface area (TPSA) is 20.3 Å². The predicted octanol–water partition coefficient (Wildman–Crippen LogP) is 2.87. The van der Waals surface area contributed by atoms with Crippen molar-refractivity contribution >= 4 is 5.91 Å². The van der Waals surface area contributed by atoms with Crippen LogP contribution in [0.5, 0.6) is 0 Å². The molecular formula is C12H19NO. The lowest BCUT2D eigenvalue weighted by Gasteiger charge is -2.17. The van der Waals surface area contributed by atoms with Gasteiger partial charge in [0.2, 0.25) is 0 Å². The van der Waals surface area contributed by atoms with Crippen molar-refractivity contribution < 1.29 is 4.79 Å². The third-order valence-corrected chi connectivity index (χ3v) is 2.55. The first-order valence-electron chi connectivity index (χ1n) is 5.36. The van der Waals surface area contributed by atoms with E-state index < -0.39 is 0 Å². The van der Waals surface area contributed by atoms with E-state index in [4.69, 9.17) is 0 Å². The molecule has 0 aromatic carbocycles. The van der Waals surface area contributed by atoms with Crippen LogP contribution in [0.4, 0.5) is 0 Å². The Morgan fingerprint density at radius 2 is 2.07 bits per heavy atom. The summed E-state index contributed by atoms with van der Waals surface area (Å²) in [5, 5.41) is 0. The summed E-state index contributed by atoms with van der Waals surface area (Å²) in [7, 11) is 0. The van der Waals surface area contributed by atoms with E-state index in [9.17, 15) is 4.79 Å². The van der Waals surface area contributed by atoms with E-state index in [1.165, 1.54) is 19.3 Å². The minimum Gasteiger partial charge on any atom is -0.309 e. The highest BCUT2D eigenvalue weighted by molar-refractivity contribution is 5.97. The van der Waals surface area contributed by atoms with Crippen molar-refractivity contribution in [1.29, 1.82) is 0 Å². The molecular weight excluding hydrogens is 174 g/mol. The number of amides is 1. The maximum absolute atomic E-state index is 11.6. The number of rotatable bonds is 5. The minimum atomic E-state index is 0.131. The van der Waals surface area contributed by atoms with Crippen molar-refractivity contribution in [2.24, 2.45) is 0 Å². The van der Waals surface area contributed by atoms with Crippen LogP contribution in [-0.4, -0.2) is 17.4 Å². The highest BCUT2D eigenvalue weighted by atomic mass is 16.2. The lowest BCUT2D eigenvalue weighted by molar-refractivity contribution is -0.124. The van der Waals surface area contributed by atoms with Crippen LogP contribution in [-0.2, 0) is 4.79 Å². The molecule has 0 fully saturated rings. The van der Waals surface area contributed by atoms with E-state index in [1.54, 1.807) is 4.90 Å². The highest BCUT2D eigenvalue weighted by Crippen LogP contribution is 2.19. The average Bonchev–Trinajstić information content (AvgIpc) is 2.38. The molecule has 0 radical (unpaired) electrons. The summed E-state index contributed by atoms with van der Waals surface area (Å²) in [4.78, 5) is 13.4. The zero-order valence-electron chi connectivity index (χ0n) is 9.18. The first-order chi connectivity index (χ1) is 6.66. The number of hydrogen-bond acceptors (Lipinski definition) is 1. The molecule has 0 spiro atoms. The van der Waals surface area contributed by atoms with E-state index in [0.717, 1.165) is 24.2 Å². The van der Waals surface area contributed by atoms with Crippen LogP contribution in [0.15, 0.2) is 23.9 Å². The van der Waals surface area contributed by atoms with E-state index >= 15 is 0 Å². The van der Waals surface area contributed by atoms with Gasteiger partial charge in [-0.25, -0.2) is 0 Å². The molecule has 0 saturated carbocycles. The van der Waals surface area contributed by atoms with Gasteiger partial charge in [0.1, 0.15) is 0 Å². The molecule has 1 aliphatic heterocycles. The summed E-state index contributed by atoms with van der Waals surface area (Å²) in [6, 6.07) is 0.